The van der Waals surface area contributed by atoms with Crippen molar-refractivity contribution >= 4 is 11.3 Å². The highest BCUT2D eigenvalue weighted by Gasteiger charge is 2.13. The molecule has 0 atom stereocenters. The summed E-state index contributed by atoms with van der Waals surface area (Å²) in [6, 6.07) is 3.81. The summed E-state index contributed by atoms with van der Waals surface area (Å²) in [4.78, 5) is 4.22. The molecule has 0 bridgehead atoms. The molecule has 0 aliphatic rings. The molecule has 2 N–H and O–H groups in total. The zero-order chi connectivity index (χ0) is 12.3. The molecule has 0 unspecified atom stereocenters. The Morgan fingerprint density at radius 3 is 2.59 bits per heavy atom. The van der Waals surface area contributed by atoms with E-state index >= 15 is 0 Å². The first kappa shape index (κ1) is 12.1. The molecule has 1 aromatic carbocycles. The van der Waals surface area contributed by atoms with Crippen LogP contribution in [0.15, 0.2) is 23.6 Å². The molecule has 0 spiro atoms. The summed E-state index contributed by atoms with van der Waals surface area (Å²) in [5.74, 6) is -1.17. The van der Waals surface area contributed by atoms with Crippen molar-refractivity contribution in [2.45, 2.75) is 12.8 Å². The monoisotopic (exact) mass is 254 g/mol. The normalized spacial score (nSPS) is 10.8. The van der Waals surface area contributed by atoms with Crippen molar-refractivity contribution in [3.8, 4) is 11.3 Å². The molecule has 0 aliphatic heterocycles. The summed E-state index contributed by atoms with van der Waals surface area (Å²) in [5, 5.41) is 2.53. The van der Waals surface area contributed by atoms with Crippen LogP contribution in [0.1, 0.15) is 11.4 Å². The van der Waals surface area contributed by atoms with E-state index in [4.69, 9.17) is 5.73 Å². The zero-order valence-electron chi connectivity index (χ0n) is 9.12. The molecule has 17 heavy (non-hydrogen) atoms. The van der Waals surface area contributed by atoms with Crippen LogP contribution in [0.4, 0.5) is 8.78 Å². The van der Waals surface area contributed by atoms with Crippen LogP contribution < -0.4 is 5.73 Å². The van der Waals surface area contributed by atoms with Crippen LogP contribution in [-0.4, -0.2) is 11.5 Å². The number of nitrogens with two attached hydrogens (primary N) is 1. The Labute approximate surface area is 102 Å². The van der Waals surface area contributed by atoms with Gasteiger partial charge in [-0.2, -0.15) is 0 Å². The number of halogens is 2. The molecule has 2 nitrogen and oxygen atoms in total. The number of nitrogens with zero attached hydrogens (tertiary/aromatic N) is 1. The first-order valence-electron chi connectivity index (χ1n) is 5.31. The third-order valence-electron chi connectivity index (χ3n) is 2.37. The van der Waals surface area contributed by atoms with Crippen molar-refractivity contribution in [1.29, 1.82) is 0 Å². The fourth-order valence-electron chi connectivity index (χ4n) is 1.54. The summed E-state index contributed by atoms with van der Waals surface area (Å²) in [6.45, 7) is 0.586. The molecule has 2 aromatic rings. The quantitative estimate of drug-likeness (QED) is 0.911. The van der Waals surface area contributed by atoms with Crippen molar-refractivity contribution in [1.82, 2.24) is 4.98 Å². The SMILES string of the molecule is NCCCc1nc(-c2c(F)cccc2F)cs1. The maximum atomic E-state index is 13.5. The molecule has 1 heterocycles. The third kappa shape index (κ3) is 2.68. The maximum Gasteiger partial charge on any atom is 0.135 e. The van der Waals surface area contributed by atoms with Crippen molar-refractivity contribution in [2.24, 2.45) is 5.73 Å². The number of benzene rings is 1. The number of hydrogen-bond acceptors (Lipinski definition) is 3. The predicted molar refractivity (Wildman–Crippen MR) is 64.8 cm³/mol. The van der Waals surface area contributed by atoms with Crippen LogP contribution in [-0.2, 0) is 6.42 Å². The molecule has 90 valence electrons. The number of hydrogen-bond donors (Lipinski definition) is 1. The van der Waals surface area contributed by atoms with E-state index < -0.39 is 11.6 Å². The third-order valence-corrected chi connectivity index (χ3v) is 3.27. The minimum absolute atomic E-state index is 0.0530. The number of thiazole rings is 1. The number of rotatable bonds is 4. The summed E-state index contributed by atoms with van der Waals surface area (Å²) in [5.41, 5.74) is 5.71. The standard InChI is InChI=1S/C12H12F2N2S/c13-8-3-1-4-9(14)12(8)10-7-17-11(16-10)5-2-6-15/h1,3-4,7H,2,5-6,15H2. The topological polar surface area (TPSA) is 38.9 Å². The van der Waals surface area contributed by atoms with E-state index in [2.05, 4.69) is 4.98 Å². The van der Waals surface area contributed by atoms with E-state index in [-0.39, 0.29) is 5.56 Å². The number of aromatic nitrogens is 1. The molecule has 0 amide bonds. The van der Waals surface area contributed by atoms with Gasteiger partial charge in [0, 0.05) is 11.8 Å². The summed E-state index contributed by atoms with van der Waals surface area (Å²) in [6.07, 6.45) is 1.57. The van der Waals surface area contributed by atoms with Gasteiger partial charge in [0.1, 0.15) is 11.6 Å². The maximum absolute atomic E-state index is 13.5. The lowest BCUT2D eigenvalue weighted by Gasteiger charge is -2.00. The first-order valence-corrected chi connectivity index (χ1v) is 6.19. The Balaban J connectivity index is 2.30. The van der Waals surface area contributed by atoms with Gasteiger partial charge in [-0.05, 0) is 25.1 Å². The summed E-state index contributed by atoms with van der Waals surface area (Å²) in [7, 11) is 0. The van der Waals surface area contributed by atoms with Gasteiger partial charge in [0.25, 0.3) is 0 Å². The van der Waals surface area contributed by atoms with E-state index in [9.17, 15) is 8.78 Å². The van der Waals surface area contributed by atoms with E-state index in [1.54, 1.807) is 5.38 Å². The highest BCUT2D eigenvalue weighted by Crippen LogP contribution is 2.27. The Bertz CT molecular complexity index is 491. The van der Waals surface area contributed by atoms with Crippen molar-refractivity contribution in [3.63, 3.8) is 0 Å². The lowest BCUT2D eigenvalue weighted by atomic mass is 10.1. The van der Waals surface area contributed by atoms with E-state index in [0.717, 1.165) is 17.8 Å². The fraction of sp³-hybridized carbons (Fsp3) is 0.250. The minimum Gasteiger partial charge on any atom is -0.330 e. The van der Waals surface area contributed by atoms with E-state index in [1.807, 2.05) is 0 Å². The summed E-state index contributed by atoms with van der Waals surface area (Å²) >= 11 is 1.40. The van der Waals surface area contributed by atoms with Gasteiger partial charge in [-0.25, -0.2) is 13.8 Å². The van der Waals surface area contributed by atoms with Crippen LogP contribution in [0.2, 0.25) is 0 Å². The average Bonchev–Trinajstić information content (AvgIpc) is 2.75. The highest BCUT2D eigenvalue weighted by molar-refractivity contribution is 7.09. The van der Waals surface area contributed by atoms with Crippen molar-refractivity contribution < 1.29 is 8.78 Å². The Morgan fingerprint density at radius 1 is 1.24 bits per heavy atom. The molecule has 0 saturated carbocycles. The lowest BCUT2D eigenvalue weighted by Crippen LogP contribution is -2.00. The Hall–Kier alpha value is -1.33. The van der Waals surface area contributed by atoms with Crippen molar-refractivity contribution in [3.05, 3.63) is 40.2 Å². The largest absolute Gasteiger partial charge is 0.330 e. The van der Waals surface area contributed by atoms with Crippen LogP contribution in [0, 0.1) is 11.6 Å². The molecule has 0 saturated heterocycles. The Kier molecular flexibility index (Phi) is 3.81. The van der Waals surface area contributed by atoms with Gasteiger partial charge >= 0.3 is 0 Å². The van der Waals surface area contributed by atoms with Crippen LogP contribution in [0.5, 0.6) is 0 Å². The zero-order valence-corrected chi connectivity index (χ0v) is 9.94. The smallest absolute Gasteiger partial charge is 0.135 e. The first-order chi connectivity index (χ1) is 8.22. The molecule has 5 heteroatoms. The van der Waals surface area contributed by atoms with Gasteiger partial charge in [-0.15, -0.1) is 11.3 Å². The second-order valence-corrected chi connectivity index (χ2v) is 4.56. The van der Waals surface area contributed by atoms with Gasteiger partial charge < -0.3 is 5.73 Å². The fourth-order valence-corrected chi connectivity index (χ4v) is 2.37. The van der Waals surface area contributed by atoms with E-state index in [0.29, 0.717) is 12.2 Å². The molecule has 0 aliphatic carbocycles. The Morgan fingerprint density at radius 2 is 1.94 bits per heavy atom. The molecule has 1 aromatic heterocycles. The molecule has 2 rings (SSSR count). The van der Waals surface area contributed by atoms with Gasteiger partial charge in [-0.1, -0.05) is 6.07 Å². The predicted octanol–water partition coefficient (Wildman–Crippen LogP) is 2.98. The van der Waals surface area contributed by atoms with Crippen LogP contribution >= 0.6 is 11.3 Å². The second-order valence-electron chi connectivity index (χ2n) is 3.62. The van der Waals surface area contributed by atoms with Gasteiger partial charge in [-0.3, -0.25) is 0 Å². The highest BCUT2D eigenvalue weighted by atomic mass is 32.1. The molecular weight excluding hydrogens is 242 g/mol. The van der Waals surface area contributed by atoms with E-state index in [1.165, 1.54) is 29.5 Å². The van der Waals surface area contributed by atoms with Gasteiger partial charge in [0.15, 0.2) is 0 Å². The average molecular weight is 254 g/mol. The van der Waals surface area contributed by atoms with Gasteiger partial charge in [0.05, 0.1) is 16.3 Å². The van der Waals surface area contributed by atoms with Gasteiger partial charge in [0.2, 0.25) is 0 Å². The van der Waals surface area contributed by atoms with Crippen molar-refractivity contribution in [2.75, 3.05) is 6.54 Å². The summed E-state index contributed by atoms with van der Waals surface area (Å²) < 4.78 is 27.0. The number of aryl methyl sites for hydroxylation is 1. The molecular formula is C12H12F2N2S. The molecule has 0 fully saturated rings. The van der Waals surface area contributed by atoms with Crippen LogP contribution in [0.3, 0.4) is 0 Å². The second kappa shape index (κ2) is 5.33. The van der Waals surface area contributed by atoms with Crippen LogP contribution in [0.25, 0.3) is 11.3 Å². The lowest BCUT2D eigenvalue weighted by molar-refractivity contribution is 0.589. The minimum atomic E-state index is -0.583. The molecule has 0 radical (unpaired) electrons.